The molecule has 21 heavy (non-hydrogen) atoms. The summed E-state index contributed by atoms with van der Waals surface area (Å²) in [7, 11) is 1.78. The second kappa shape index (κ2) is 7.32. The lowest BCUT2D eigenvalue weighted by Crippen LogP contribution is -2.22. The lowest BCUT2D eigenvalue weighted by molar-refractivity contribution is 0.0286. The zero-order chi connectivity index (χ0) is 15.4. The van der Waals surface area contributed by atoms with Crippen molar-refractivity contribution in [3.8, 4) is 0 Å². The lowest BCUT2D eigenvalue weighted by atomic mass is 9.84. The van der Waals surface area contributed by atoms with Gasteiger partial charge in [0, 0.05) is 18.5 Å². The molecule has 0 bridgehead atoms. The molecule has 2 N–H and O–H groups in total. The number of hydrogen-bond acceptors (Lipinski definition) is 4. The van der Waals surface area contributed by atoms with Crippen molar-refractivity contribution >= 4 is 0 Å². The van der Waals surface area contributed by atoms with Crippen LogP contribution in [0.25, 0.3) is 0 Å². The Morgan fingerprint density at radius 2 is 1.71 bits per heavy atom. The minimum Gasteiger partial charge on any atom is -0.373 e. The second-order valence-electron chi connectivity index (χ2n) is 6.36. The number of aromatic nitrogens is 2. The van der Waals surface area contributed by atoms with Crippen molar-refractivity contribution in [1.82, 2.24) is 9.97 Å². The standard InChI is InChI=1S/C17H29N3O/c1-11(10-18)15-12(2)19-17(20-13(15)3)16(21-4)14-8-6-5-7-9-14/h11,14,16H,5-10,18H2,1-4H3. The number of methoxy groups -OCH3 is 1. The van der Waals surface area contributed by atoms with Crippen molar-refractivity contribution in [1.29, 1.82) is 0 Å². The number of rotatable bonds is 5. The van der Waals surface area contributed by atoms with Gasteiger partial charge in [0.2, 0.25) is 0 Å². The molecule has 4 heteroatoms. The second-order valence-corrected chi connectivity index (χ2v) is 6.36. The van der Waals surface area contributed by atoms with Crippen LogP contribution >= 0.6 is 0 Å². The number of nitrogens with zero attached hydrogens (tertiary/aromatic N) is 2. The summed E-state index contributed by atoms with van der Waals surface area (Å²) in [6.45, 7) is 6.88. The Balaban J connectivity index is 2.30. The molecule has 0 spiro atoms. The van der Waals surface area contributed by atoms with Crippen LogP contribution in [0.15, 0.2) is 0 Å². The van der Waals surface area contributed by atoms with Crippen molar-refractivity contribution in [3.05, 3.63) is 22.8 Å². The highest BCUT2D eigenvalue weighted by Crippen LogP contribution is 2.36. The number of ether oxygens (including phenoxy) is 1. The SMILES string of the molecule is COC(c1nc(C)c(C(C)CN)c(C)n1)C1CCCCC1. The van der Waals surface area contributed by atoms with Crippen LogP contribution < -0.4 is 5.73 Å². The maximum Gasteiger partial charge on any atom is 0.157 e. The van der Waals surface area contributed by atoms with Gasteiger partial charge in [0.05, 0.1) is 0 Å². The summed E-state index contributed by atoms with van der Waals surface area (Å²) in [6.07, 6.45) is 6.42. The van der Waals surface area contributed by atoms with E-state index in [4.69, 9.17) is 20.4 Å². The Kier molecular flexibility index (Phi) is 5.71. The minimum atomic E-state index is 0.0323. The molecule has 1 aliphatic rings. The normalized spacial score (nSPS) is 19.5. The van der Waals surface area contributed by atoms with Crippen molar-refractivity contribution in [2.45, 2.75) is 64.9 Å². The summed E-state index contributed by atoms with van der Waals surface area (Å²) in [4.78, 5) is 9.52. The maximum absolute atomic E-state index is 5.80. The highest BCUT2D eigenvalue weighted by Gasteiger charge is 2.28. The average molecular weight is 291 g/mol. The van der Waals surface area contributed by atoms with E-state index in [9.17, 15) is 0 Å². The number of aryl methyl sites for hydroxylation is 2. The molecule has 0 radical (unpaired) electrons. The van der Waals surface area contributed by atoms with Crippen molar-refractivity contribution in [2.75, 3.05) is 13.7 Å². The first kappa shape index (κ1) is 16.4. The molecule has 2 unspecified atom stereocenters. The fraction of sp³-hybridized carbons (Fsp3) is 0.765. The Bertz CT molecular complexity index is 446. The number of hydrogen-bond donors (Lipinski definition) is 1. The van der Waals surface area contributed by atoms with Crippen LogP contribution in [0.4, 0.5) is 0 Å². The predicted octanol–water partition coefficient (Wildman–Crippen LogP) is 3.42. The van der Waals surface area contributed by atoms with Gasteiger partial charge < -0.3 is 10.5 Å². The molecule has 1 fully saturated rings. The van der Waals surface area contributed by atoms with E-state index in [1.165, 1.54) is 37.7 Å². The van der Waals surface area contributed by atoms with Crippen LogP contribution in [0.5, 0.6) is 0 Å². The van der Waals surface area contributed by atoms with Crippen LogP contribution in [0.3, 0.4) is 0 Å². The van der Waals surface area contributed by atoms with Gasteiger partial charge in [-0.3, -0.25) is 0 Å². The van der Waals surface area contributed by atoms with Gasteiger partial charge in [-0.2, -0.15) is 0 Å². The van der Waals surface area contributed by atoms with Gasteiger partial charge >= 0.3 is 0 Å². The monoisotopic (exact) mass is 291 g/mol. The predicted molar refractivity (Wildman–Crippen MR) is 85.3 cm³/mol. The smallest absolute Gasteiger partial charge is 0.157 e. The molecule has 4 nitrogen and oxygen atoms in total. The van der Waals surface area contributed by atoms with E-state index in [1.54, 1.807) is 7.11 Å². The fourth-order valence-corrected chi connectivity index (χ4v) is 3.65. The van der Waals surface area contributed by atoms with Crippen molar-refractivity contribution in [2.24, 2.45) is 11.7 Å². The van der Waals surface area contributed by atoms with Gasteiger partial charge in [0.1, 0.15) is 6.10 Å². The van der Waals surface area contributed by atoms with E-state index >= 15 is 0 Å². The van der Waals surface area contributed by atoms with E-state index in [0.717, 1.165) is 17.2 Å². The first-order valence-corrected chi connectivity index (χ1v) is 8.16. The molecule has 1 aliphatic carbocycles. The highest BCUT2D eigenvalue weighted by atomic mass is 16.5. The summed E-state index contributed by atoms with van der Waals surface area (Å²) in [5.41, 5.74) is 9.10. The van der Waals surface area contributed by atoms with Gasteiger partial charge in [-0.1, -0.05) is 26.2 Å². The quantitative estimate of drug-likeness (QED) is 0.903. The molecule has 0 aliphatic heterocycles. The molecule has 1 aromatic heterocycles. The first-order chi connectivity index (χ1) is 10.1. The third kappa shape index (κ3) is 3.61. The summed E-state index contributed by atoms with van der Waals surface area (Å²) in [5.74, 6) is 1.71. The number of nitrogens with two attached hydrogens (primary N) is 1. The van der Waals surface area contributed by atoms with E-state index in [-0.39, 0.29) is 6.10 Å². The van der Waals surface area contributed by atoms with Gasteiger partial charge in [-0.25, -0.2) is 9.97 Å². The molecule has 2 atom stereocenters. The summed E-state index contributed by atoms with van der Waals surface area (Å²) in [6, 6.07) is 0. The van der Waals surface area contributed by atoms with Crippen molar-refractivity contribution in [3.63, 3.8) is 0 Å². The van der Waals surface area contributed by atoms with E-state index in [2.05, 4.69) is 20.8 Å². The molecular weight excluding hydrogens is 262 g/mol. The molecule has 2 rings (SSSR count). The van der Waals surface area contributed by atoms with E-state index in [0.29, 0.717) is 18.4 Å². The summed E-state index contributed by atoms with van der Waals surface area (Å²) in [5, 5.41) is 0. The molecular formula is C17H29N3O. The van der Waals surface area contributed by atoms with Gasteiger partial charge in [-0.15, -0.1) is 0 Å². The Hall–Kier alpha value is -1.00. The molecule has 1 aromatic rings. The largest absolute Gasteiger partial charge is 0.373 e. The summed E-state index contributed by atoms with van der Waals surface area (Å²) < 4.78 is 5.76. The van der Waals surface area contributed by atoms with Crippen LogP contribution in [0.2, 0.25) is 0 Å². The third-order valence-corrected chi connectivity index (χ3v) is 4.78. The lowest BCUT2D eigenvalue weighted by Gasteiger charge is -2.29. The first-order valence-electron chi connectivity index (χ1n) is 8.16. The molecule has 0 aromatic carbocycles. The van der Waals surface area contributed by atoms with Gasteiger partial charge in [0.15, 0.2) is 5.82 Å². The molecule has 1 saturated carbocycles. The Morgan fingerprint density at radius 3 is 2.19 bits per heavy atom. The Morgan fingerprint density at radius 1 is 1.14 bits per heavy atom. The molecule has 118 valence electrons. The van der Waals surface area contributed by atoms with E-state index < -0.39 is 0 Å². The zero-order valence-corrected chi connectivity index (χ0v) is 13.9. The fourth-order valence-electron chi connectivity index (χ4n) is 3.65. The molecule has 0 amide bonds. The van der Waals surface area contributed by atoms with Crippen LogP contribution in [-0.4, -0.2) is 23.6 Å². The average Bonchev–Trinajstić information content (AvgIpc) is 2.48. The third-order valence-electron chi connectivity index (χ3n) is 4.78. The van der Waals surface area contributed by atoms with Crippen LogP contribution in [0.1, 0.15) is 73.8 Å². The van der Waals surface area contributed by atoms with Crippen LogP contribution in [0, 0.1) is 19.8 Å². The molecule has 1 heterocycles. The zero-order valence-electron chi connectivity index (χ0n) is 13.9. The van der Waals surface area contributed by atoms with Gasteiger partial charge in [-0.05, 0) is 50.6 Å². The summed E-state index contributed by atoms with van der Waals surface area (Å²) >= 11 is 0. The molecule has 0 saturated heterocycles. The van der Waals surface area contributed by atoms with Gasteiger partial charge in [0.25, 0.3) is 0 Å². The maximum atomic E-state index is 5.80. The topological polar surface area (TPSA) is 61.0 Å². The minimum absolute atomic E-state index is 0.0323. The van der Waals surface area contributed by atoms with Crippen molar-refractivity contribution < 1.29 is 4.74 Å². The highest BCUT2D eigenvalue weighted by molar-refractivity contribution is 5.28. The Labute approximate surface area is 128 Å². The van der Waals surface area contributed by atoms with E-state index in [1.807, 2.05) is 0 Å². The van der Waals surface area contributed by atoms with Crippen LogP contribution in [-0.2, 0) is 4.74 Å².